The van der Waals surface area contributed by atoms with Crippen molar-refractivity contribution in [2.24, 2.45) is 5.92 Å². The molecule has 0 atom stereocenters. The molecule has 2 radical (unpaired) electrons. The fraction of sp³-hybridized carbons (Fsp3) is 1.00. The average molecular weight is 99.9 g/mol. The van der Waals surface area contributed by atoms with Crippen LogP contribution in [-0.2, 0) is 0 Å². The van der Waals surface area contributed by atoms with Crippen LogP contribution >= 0.6 is 8.58 Å². The highest BCUT2D eigenvalue weighted by molar-refractivity contribution is 7.39. The van der Waals surface area contributed by atoms with E-state index in [4.69, 9.17) is 0 Å². The summed E-state index contributed by atoms with van der Waals surface area (Å²) in [5.74, 6) is 1.08. The fourth-order valence-corrected chi connectivity index (χ4v) is 1.30. The van der Waals surface area contributed by atoms with Gasteiger partial charge in [0, 0.05) is 8.41 Å². The van der Waals surface area contributed by atoms with E-state index in [2.05, 4.69) is 6.92 Å². The van der Waals surface area contributed by atoms with Gasteiger partial charge in [0.05, 0.1) is 0 Å². The van der Waals surface area contributed by atoms with Crippen LogP contribution in [0.25, 0.3) is 0 Å². The summed E-state index contributed by atoms with van der Waals surface area (Å²) in [6.45, 7) is 2.32. The van der Waals surface area contributed by atoms with Gasteiger partial charge in [0.15, 0.2) is 0 Å². The Balaban J connectivity index is 0.000000250. The Bertz CT molecular complexity index is 34.5. The lowest BCUT2D eigenvalue weighted by Gasteiger charge is -2.19. The van der Waals surface area contributed by atoms with E-state index in [0.29, 0.717) is 0 Å². The molecular formula is C4H10BP. The predicted octanol–water partition coefficient (Wildman–Crippen LogP) is 0.666. The first-order valence-electron chi connectivity index (χ1n) is 2.10. The van der Waals surface area contributed by atoms with E-state index < -0.39 is 0 Å². The topological polar surface area (TPSA) is 0 Å². The summed E-state index contributed by atoms with van der Waals surface area (Å²) in [7, 11) is 1.30. The molecular weight excluding hydrogens is 89.8 g/mol. The summed E-state index contributed by atoms with van der Waals surface area (Å²) >= 11 is 0. The molecule has 0 aromatic rings. The molecule has 0 spiro atoms. The molecule has 0 aliphatic carbocycles. The predicted molar refractivity (Wildman–Crippen MR) is 34.4 cm³/mol. The summed E-state index contributed by atoms with van der Waals surface area (Å²) in [5.41, 5.74) is 0. The molecule has 1 fully saturated rings. The third-order valence-corrected chi connectivity index (χ3v) is 2.96. The van der Waals surface area contributed by atoms with Crippen molar-refractivity contribution in [2.75, 3.05) is 12.3 Å². The van der Waals surface area contributed by atoms with Gasteiger partial charge in [-0.05, 0) is 18.2 Å². The van der Waals surface area contributed by atoms with Crippen LogP contribution in [0.15, 0.2) is 0 Å². The summed E-state index contributed by atoms with van der Waals surface area (Å²) < 4.78 is 0. The van der Waals surface area contributed by atoms with Crippen LogP contribution in [0.5, 0.6) is 0 Å². The van der Waals surface area contributed by atoms with E-state index >= 15 is 0 Å². The Kier molecular flexibility index (Phi) is 2.85. The second-order valence-electron chi connectivity index (χ2n) is 1.76. The fourth-order valence-electron chi connectivity index (χ4n) is 0.433. The largest absolute Gasteiger partial charge is 0.122 e. The molecule has 0 N–H and O–H groups in total. The lowest BCUT2D eigenvalue weighted by molar-refractivity contribution is 0.713. The van der Waals surface area contributed by atoms with Gasteiger partial charge < -0.3 is 0 Å². The van der Waals surface area contributed by atoms with Crippen molar-refractivity contribution >= 4 is 17.0 Å². The second kappa shape index (κ2) is 2.63. The molecule has 0 aromatic carbocycles. The highest BCUT2D eigenvalue weighted by Gasteiger charge is 2.09. The zero-order valence-electron chi connectivity index (χ0n) is 4.20. The van der Waals surface area contributed by atoms with Crippen molar-refractivity contribution in [1.82, 2.24) is 0 Å². The standard InChI is InChI=1S/C4H9P.BH/c1-4-2-5-3-4;/h4-5H,2-3H2,1H3;1H. The molecule has 0 bridgehead atoms. The van der Waals surface area contributed by atoms with Crippen LogP contribution in [0.4, 0.5) is 0 Å². The Morgan fingerprint density at radius 2 is 1.83 bits per heavy atom. The molecule has 6 heavy (non-hydrogen) atoms. The van der Waals surface area contributed by atoms with Crippen molar-refractivity contribution < 1.29 is 0 Å². The minimum atomic E-state index is 0. The minimum Gasteiger partial charge on any atom is -0.122 e. The van der Waals surface area contributed by atoms with Crippen LogP contribution in [0.3, 0.4) is 0 Å². The van der Waals surface area contributed by atoms with Gasteiger partial charge in [-0.25, -0.2) is 0 Å². The Morgan fingerprint density at radius 3 is 1.83 bits per heavy atom. The van der Waals surface area contributed by atoms with Gasteiger partial charge in [-0.2, -0.15) is 0 Å². The van der Waals surface area contributed by atoms with E-state index in [0.717, 1.165) is 5.92 Å². The van der Waals surface area contributed by atoms with Crippen LogP contribution in [0.2, 0.25) is 0 Å². The van der Waals surface area contributed by atoms with E-state index in [1.807, 2.05) is 0 Å². The van der Waals surface area contributed by atoms with Crippen LogP contribution in [-0.4, -0.2) is 20.7 Å². The van der Waals surface area contributed by atoms with Gasteiger partial charge in [-0.1, -0.05) is 6.92 Å². The molecule has 1 aliphatic rings. The van der Waals surface area contributed by atoms with Crippen molar-refractivity contribution in [3.05, 3.63) is 0 Å². The maximum atomic E-state index is 2.32. The maximum Gasteiger partial charge on any atom is 0.0379 e. The summed E-state index contributed by atoms with van der Waals surface area (Å²) in [6, 6.07) is 0. The molecule has 1 aliphatic heterocycles. The molecule has 1 rings (SSSR count). The monoisotopic (exact) mass is 100 g/mol. The molecule has 0 unspecified atom stereocenters. The number of hydrogen-bond donors (Lipinski definition) is 0. The first-order valence-corrected chi connectivity index (χ1v) is 3.52. The molecule has 0 amide bonds. The maximum absolute atomic E-state index is 2.32. The van der Waals surface area contributed by atoms with Gasteiger partial charge in [-0.15, -0.1) is 8.58 Å². The Labute approximate surface area is 43.1 Å². The van der Waals surface area contributed by atoms with E-state index in [1.165, 1.54) is 20.9 Å². The highest BCUT2D eigenvalue weighted by atomic mass is 31.1. The van der Waals surface area contributed by atoms with E-state index in [-0.39, 0.29) is 8.41 Å². The molecule has 2 heteroatoms. The normalized spacial score (nSPS) is 34.5. The van der Waals surface area contributed by atoms with Gasteiger partial charge in [0.2, 0.25) is 0 Å². The first-order chi connectivity index (χ1) is 2.39. The molecule has 1 saturated heterocycles. The van der Waals surface area contributed by atoms with Crippen molar-refractivity contribution in [1.29, 1.82) is 0 Å². The zero-order chi connectivity index (χ0) is 3.70. The lowest BCUT2D eigenvalue weighted by atomic mass is 10.2. The summed E-state index contributed by atoms with van der Waals surface area (Å²) in [6.07, 6.45) is 3.03. The van der Waals surface area contributed by atoms with Crippen molar-refractivity contribution in [2.45, 2.75) is 6.92 Å². The Hall–Kier alpha value is 0.495. The second-order valence-corrected chi connectivity index (χ2v) is 3.08. The van der Waals surface area contributed by atoms with Gasteiger partial charge in [0.25, 0.3) is 0 Å². The van der Waals surface area contributed by atoms with Crippen molar-refractivity contribution in [3.8, 4) is 0 Å². The van der Waals surface area contributed by atoms with Gasteiger partial charge in [-0.3, -0.25) is 0 Å². The van der Waals surface area contributed by atoms with E-state index in [1.54, 1.807) is 0 Å². The molecule has 1 heterocycles. The molecule has 0 saturated carbocycles. The SMILES string of the molecule is CC1CPC1.[BH]. The van der Waals surface area contributed by atoms with E-state index in [9.17, 15) is 0 Å². The van der Waals surface area contributed by atoms with Gasteiger partial charge >= 0.3 is 0 Å². The number of rotatable bonds is 0. The summed E-state index contributed by atoms with van der Waals surface area (Å²) in [4.78, 5) is 0. The summed E-state index contributed by atoms with van der Waals surface area (Å²) in [5, 5.41) is 0. The molecule has 34 valence electrons. The smallest absolute Gasteiger partial charge is 0.0379 e. The van der Waals surface area contributed by atoms with Crippen LogP contribution in [0, 0.1) is 5.92 Å². The zero-order valence-corrected chi connectivity index (χ0v) is 5.20. The van der Waals surface area contributed by atoms with Crippen LogP contribution < -0.4 is 0 Å². The van der Waals surface area contributed by atoms with Crippen LogP contribution in [0.1, 0.15) is 6.92 Å². The third kappa shape index (κ3) is 1.30. The average Bonchev–Trinajstić information content (AvgIpc) is 1.30. The minimum absolute atomic E-state index is 0. The highest BCUT2D eigenvalue weighted by Crippen LogP contribution is 2.29. The van der Waals surface area contributed by atoms with Gasteiger partial charge in [0.1, 0.15) is 0 Å². The molecule has 0 aromatic heterocycles. The van der Waals surface area contributed by atoms with Crippen molar-refractivity contribution in [3.63, 3.8) is 0 Å². The quantitative estimate of drug-likeness (QED) is 0.310. The third-order valence-electron chi connectivity index (χ3n) is 0.986. The first kappa shape index (κ1) is 6.49. The molecule has 0 nitrogen and oxygen atoms in total. The number of hydrogen-bond acceptors (Lipinski definition) is 0. The lowest BCUT2D eigenvalue weighted by Crippen LogP contribution is -2.09. The Morgan fingerprint density at radius 1 is 1.50 bits per heavy atom.